The van der Waals surface area contributed by atoms with E-state index in [9.17, 15) is 22.8 Å². The summed E-state index contributed by atoms with van der Waals surface area (Å²) in [6.45, 7) is 0.745. The maximum Gasteiger partial charge on any atom is 0.451 e. The molecule has 2 heterocycles. The lowest BCUT2D eigenvalue weighted by Crippen LogP contribution is -2.44. The molecule has 0 spiro atoms. The number of nitrogens with two attached hydrogens (primary N) is 1. The standard InChI is InChI=1S/C17H17F3N4O2S/c18-17(19,20)16-22-12-6-2-1-5-11(12)15(23-16)27-9-13(25)24-7-3-4-10(8-24)14(21)26/h1-2,5-6,10H,3-4,7-9H2,(H2,21,26)/t10-/m1/s1. The Labute approximate surface area is 157 Å². The number of hydrogen-bond donors (Lipinski definition) is 1. The number of carbonyl (C=O) groups excluding carboxylic acids is 2. The Kier molecular flexibility index (Phi) is 5.54. The summed E-state index contributed by atoms with van der Waals surface area (Å²) in [7, 11) is 0. The Morgan fingerprint density at radius 3 is 2.70 bits per heavy atom. The fraction of sp³-hybridized carbons (Fsp3) is 0.412. The number of amides is 2. The van der Waals surface area contributed by atoms with Gasteiger partial charge in [0.05, 0.1) is 17.2 Å². The molecule has 0 radical (unpaired) electrons. The van der Waals surface area contributed by atoms with Crippen molar-refractivity contribution in [2.45, 2.75) is 24.0 Å². The van der Waals surface area contributed by atoms with Gasteiger partial charge in [-0.05, 0) is 18.9 Å². The summed E-state index contributed by atoms with van der Waals surface area (Å²) < 4.78 is 39.2. The smallest absolute Gasteiger partial charge is 0.369 e. The number of likely N-dealkylation sites (tertiary alicyclic amines) is 1. The molecule has 2 aromatic rings. The quantitative estimate of drug-likeness (QED) is 0.631. The van der Waals surface area contributed by atoms with E-state index in [1.54, 1.807) is 18.2 Å². The van der Waals surface area contributed by atoms with Gasteiger partial charge >= 0.3 is 6.18 Å². The summed E-state index contributed by atoms with van der Waals surface area (Å²) >= 11 is 0.933. The van der Waals surface area contributed by atoms with Gasteiger partial charge in [0, 0.05) is 18.5 Å². The van der Waals surface area contributed by atoms with Gasteiger partial charge in [0.25, 0.3) is 0 Å². The third-order valence-electron chi connectivity index (χ3n) is 4.33. The number of halogens is 3. The third kappa shape index (κ3) is 4.49. The summed E-state index contributed by atoms with van der Waals surface area (Å²) in [4.78, 5) is 32.5. The first-order valence-electron chi connectivity index (χ1n) is 8.29. The van der Waals surface area contributed by atoms with Crippen LogP contribution in [0, 0.1) is 5.92 Å². The van der Waals surface area contributed by atoms with Gasteiger partial charge in [-0.1, -0.05) is 30.0 Å². The highest BCUT2D eigenvalue weighted by molar-refractivity contribution is 8.00. The Morgan fingerprint density at radius 1 is 1.26 bits per heavy atom. The monoisotopic (exact) mass is 398 g/mol. The van der Waals surface area contributed by atoms with E-state index in [-0.39, 0.29) is 34.7 Å². The van der Waals surface area contributed by atoms with E-state index in [0.717, 1.165) is 11.8 Å². The number of carbonyl (C=O) groups is 2. The highest BCUT2D eigenvalue weighted by Gasteiger charge is 2.35. The number of thioether (sulfide) groups is 1. The first kappa shape index (κ1) is 19.4. The van der Waals surface area contributed by atoms with Crippen LogP contribution >= 0.6 is 11.8 Å². The van der Waals surface area contributed by atoms with Crippen molar-refractivity contribution < 1.29 is 22.8 Å². The zero-order valence-corrected chi connectivity index (χ0v) is 15.0. The van der Waals surface area contributed by atoms with E-state index in [0.29, 0.717) is 24.8 Å². The number of aromatic nitrogens is 2. The largest absolute Gasteiger partial charge is 0.451 e. The minimum absolute atomic E-state index is 0.0796. The van der Waals surface area contributed by atoms with Gasteiger partial charge in [-0.15, -0.1) is 0 Å². The van der Waals surface area contributed by atoms with Crippen LogP contribution in [0.3, 0.4) is 0 Å². The van der Waals surface area contributed by atoms with Crippen LogP contribution in [0.2, 0.25) is 0 Å². The number of nitrogens with zero attached hydrogens (tertiary/aromatic N) is 3. The number of rotatable bonds is 4. The van der Waals surface area contributed by atoms with Crippen molar-refractivity contribution in [2.24, 2.45) is 11.7 Å². The minimum atomic E-state index is -4.68. The van der Waals surface area contributed by atoms with Crippen LogP contribution in [0.15, 0.2) is 29.3 Å². The number of alkyl halides is 3. The topological polar surface area (TPSA) is 89.2 Å². The molecule has 0 aliphatic carbocycles. The lowest BCUT2D eigenvalue weighted by Gasteiger charge is -2.31. The number of piperidine rings is 1. The van der Waals surface area contributed by atoms with Gasteiger partial charge in [-0.2, -0.15) is 13.2 Å². The number of fused-ring (bicyclic) bond motifs is 1. The number of hydrogen-bond acceptors (Lipinski definition) is 5. The van der Waals surface area contributed by atoms with Crippen molar-refractivity contribution in [1.82, 2.24) is 14.9 Å². The maximum absolute atomic E-state index is 13.1. The van der Waals surface area contributed by atoms with Gasteiger partial charge in [-0.3, -0.25) is 9.59 Å². The fourth-order valence-corrected chi connectivity index (χ4v) is 3.86. The molecule has 3 rings (SSSR count). The molecule has 1 aromatic heterocycles. The van der Waals surface area contributed by atoms with E-state index >= 15 is 0 Å². The molecule has 0 unspecified atom stereocenters. The van der Waals surface area contributed by atoms with Crippen molar-refractivity contribution >= 4 is 34.5 Å². The van der Waals surface area contributed by atoms with E-state index in [1.165, 1.54) is 11.0 Å². The molecule has 1 saturated heterocycles. The van der Waals surface area contributed by atoms with Crippen LogP contribution in [0.1, 0.15) is 18.7 Å². The van der Waals surface area contributed by atoms with Gasteiger partial charge in [0.1, 0.15) is 5.03 Å². The van der Waals surface area contributed by atoms with Gasteiger partial charge in [0.15, 0.2) is 0 Å². The van der Waals surface area contributed by atoms with Crippen LogP contribution in [0.5, 0.6) is 0 Å². The molecule has 2 amide bonds. The van der Waals surface area contributed by atoms with Crippen molar-refractivity contribution in [3.05, 3.63) is 30.1 Å². The predicted molar refractivity (Wildman–Crippen MR) is 93.8 cm³/mol. The number of benzene rings is 1. The molecule has 144 valence electrons. The summed E-state index contributed by atoms with van der Waals surface area (Å²) in [5.74, 6) is -2.41. The minimum Gasteiger partial charge on any atom is -0.369 e. The van der Waals surface area contributed by atoms with Crippen LogP contribution in [0.25, 0.3) is 10.9 Å². The Balaban J connectivity index is 1.78. The molecular weight excluding hydrogens is 381 g/mol. The molecule has 0 saturated carbocycles. The predicted octanol–water partition coefficient (Wildman–Crippen LogP) is 2.46. The highest BCUT2D eigenvalue weighted by Crippen LogP contribution is 2.32. The Morgan fingerprint density at radius 2 is 2.00 bits per heavy atom. The lowest BCUT2D eigenvalue weighted by molar-refractivity contribution is -0.145. The normalized spacial score (nSPS) is 17.9. The van der Waals surface area contributed by atoms with E-state index in [2.05, 4.69) is 9.97 Å². The molecule has 0 bridgehead atoms. The number of primary amides is 1. The summed E-state index contributed by atoms with van der Waals surface area (Å²) in [6.07, 6.45) is -3.37. The molecule has 6 nitrogen and oxygen atoms in total. The van der Waals surface area contributed by atoms with Crippen molar-refractivity contribution in [3.8, 4) is 0 Å². The van der Waals surface area contributed by atoms with E-state index in [1.807, 2.05) is 0 Å². The van der Waals surface area contributed by atoms with Crippen molar-refractivity contribution in [3.63, 3.8) is 0 Å². The van der Waals surface area contributed by atoms with Gasteiger partial charge in [-0.25, -0.2) is 9.97 Å². The molecule has 1 aliphatic heterocycles. The molecule has 10 heteroatoms. The Hall–Kier alpha value is -2.36. The third-order valence-corrected chi connectivity index (χ3v) is 5.31. The SMILES string of the molecule is NC(=O)[C@@H]1CCCN(C(=O)CSc2nc(C(F)(F)F)nc3ccccc23)C1. The molecule has 1 atom stereocenters. The summed E-state index contributed by atoms with van der Waals surface area (Å²) in [5.41, 5.74) is 5.48. The van der Waals surface area contributed by atoms with Gasteiger partial charge in [0.2, 0.25) is 17.6 Å². The average molecular weight is 398 g/mol. The first-order chi connectivity index (χ1) is 12.8. The second-order valence-electron chi connectivity index (χ2n) is 6.24. The highest BCUT2D eigenvalue weighted by atomic mass is 32.2. The maximum atomic E-state index is 13.1. The summed E-state index contributed by atoms with van der Waals surface area (Å²) in [6, 6.07) is 6.35. The molecule has 1 aliphatic rings. The second-order valence-corrected chi connectivity index (χ2v) is 7.20. The van der Waals surface area contributed by atoms with Crippen LogP contribution < -0.4 is 5.73 Å². The lowest BCUT2D eigenvalue weighted by atomic mass is 9.97. The zero-order chi connectivity index (χ0) is 19.6. The van der Waals surface area contributed by atoms with Crippen LogP contribution in [-0.4, -0.2) is 45.5 Å². The van der Waals surface area contributed by atoms with Crippen molar-refractivity contribution in [2.75, 3.05) is 18.8 Å². The zero-order valence-electron chi connectivity index (χ0n) is 14.2. The summed E-state index contributed by atoms with van der Waals surface area (Å²) in [5, 5.41) is 0.557. The van der Waals surface area contributed by atoms with E-state index in [4.69, 9.17) is 5.73 Å². The molecule has 2 N–H and O–H groups in total. The Bertz CT molecular complexity index is 875. The fourth-order valence-electron chi connectivity index (χ4n) is 2.94. The second kappa shape index (κ2) is 7.71. The van der Waals surface area contributed by atoms with Crippen LogP contribution in [-0.2, 0) is 15.8 Å². The average Bonchev–Trinajstić information content (AvgIpc) is 2.65. The molecular formula is C17H17F3N4O2S. The first-order valence-corrected chi connectivity index (χ1v) is 9.28. The van der Waals surface area contributed by atoms with E-state index < -0.39 is 17.9 Å². The van der Waals surface area contributed by atoms with Gasteiger partial charge < -0.3 is 10.6 Å². The van der Waals surface area contributed by atoms with Crippen molar-refractivity contribution in [1.29, 1.82) is 0 Å². The van der Waals surface area contributed by atoms with Crippen LogP contribution in [0.4, 0.5) is 13.2 Å². The molecule has 1 fully saturated rings. The molecule has 27 heavy (non-hydrogen) atoms. The number of para-hydroxylation sites is 1. The molecule has 1 aromatic carbocycles.